The lowest BCUT2D eigenvalue weighted by Gasteiger charge is -2.29. The summed E-state index contributed by atoms with van der Waals surface area (Å²) >= 11 is 12.1. The molecule has 0 unspecified atom stereocenters. The average molecular weight is 339 g/mol. The molecule has 8 heteroatoms. The van der Waals surface area contributed by atoms with Crippen LogP contribution in [0.4, 0.5) is 17.6 Å². The number of halogens is 2. The molecular weight excluding hydrogens is 323 g/mol. The van der Waals surface area contributed by atoms with Gasteiger partial charge in [-0.25, -0.2) is 0 Å². The lowest BCUT2D eigenvalue weighted by molar-refractivity contribution is 0.278. The van der Waals surface area contributed by atoms with Crippen LogP contribution in [-0.2, 0) is 13.0 Å². The number of nitrogens with zero attached hydrogens (tertiary/aromatic N) is 3. The van der Waals surface area contributed by atoms with Crippen LogP contribution in [0.3, 0.4) is 0 Å². The van der Waals surface area contributed by atoms with Gasteiger partial charge >= 0.3 is 0 Å². The van der Waals surface area contributed by atoms with Gasteiger partial charge in [0.25, 0.3) is 0 Å². The fourth-order valence-corrected chi connectivity index (χ4v) is 2.95. The summed E-state index contributed by atoms with van der Waals surface area (Å²) < 4.78 is 0. The molecule has 0 atom stereocenters. The first-order chi connectivity index (χ1) is 10.5. The Hall–Kier alpha value is -1.76. The van der Waals surface area contributed by atoms with Gasteiger partial charge in [0, 0.05) is 23.1 Å². The molecule has 5 N–H and O–H groups in total. The van der Waals surface area contributed by atoms with Crippen molar-refractivity contribution in [3.63, 3.8) is 0 Å². The number of hydrogen-bond donors (Lipinski definition) is 3. The summed E-state index contributed by atoms with van der Waals surface area (Å²) in [5, 5.41) is 4.55. The minimum Gasteiger partial charge on any atom is -0.383 e. The van der Waals surface area contributed by atoms with Crippen LogP contribution in [0.1, 0.15) is 11.1 Å². The second-order valence-electron chi connectivity index (χ2n) is 5.17. The molecule has 0 saturated carbocycles. The number of nitrogens with two attached hydrogens (primary N) is 2. The number of rotatable bonds is 3. The second-order valence-corrected chi connectivity index (χ2v) is 6.01. The summed E-state index contributed by atoms with van der Waals surface area (Å²) in [7, 11) is 0. The highest BCUT2D eigenvalue weighted by Crippen LogP contribution is 2.26. The lowest BCUT2D eigenvalue weighted by Crippen LogP contribution is -2.36. The van der Waals surface area contributed by atoms with Gasteiger partial charge in [-0.2, -0.15) is 9.97 Å². The van der Waals surface area contributed by atoms with Crippen LogP contribution in [0.15, 0.2) is 18.2 Å². The predicted octanol–water partition coefficient (Wildman–Crippen LogP) is 2.38. The summed E-state index contributed by atoms with van der Waals surface area (Å²) in [4.78, 5) is 10.4. The van der Waals surface area contributed by atoms with Gasteiger partial charge in [0.15, 0.2) is 0 Å². The van der Waals surface area contributed by atoms with Gasteiger partial charge in [-0.3, -0.25) is 4.90 Å². The van der Waals surface area contributed by atoms with E-state index in [-0.39, 0.29) is 5.95 Å². The third-order valence-corrected chi connectivity index (χ3v) is 4.21. The van der Waals surface area contributed by atoms with E-state index in [0.29, 0.717) is 34.9 Å². The molecule has 1 aliphatic heterocycles. The van der Waals surface area contributed by atoms with Crippen molar-refractivity contribution in [2.24, 2.45) is 0 Å². The minimum absolute atomic E-state index is 0.185. The van der Waals surface area contributed by atoms with Crippen LogP contribution in [0.5, 0.6) is 0 Å². The van der Waals surface area contributed by atoms with Gasteiger partial charge < -0.3 is 16.8 Å². The fraction of sp³-hybridized carbons (Fsp3) is 0.286. The number of benzene rings is 1. The zero-order chi connectivity index (χ0) is 15.7. The number of aromatic nitrogens is 2. The maximum Gasteiger partial charge on any atom is 0.223 e. The van der Waals surface area contributed by atoms with Gasteiger partial charge in [0.1, 0.15) is 11.6 Å². The van der Waals surface area contributed by atoms with E-state index in [4.69, 9.17) is 34.7 Å². The van der Waals surface area contributed by atoms with E-state index in [0.717, 1.165) is 24.1 Å². The standard InChI is InChI=1S/C14H16Cl2N6/c15-9-2-1-8(11(16)5-9)3-4-22-6-10-12(17)20-14(18)21-13(10)19-7-22/h1-2,5H,3-4,6-7H2,(H5,17,18,19,20,21). The van der Waals surface area contributed by atoms with Crippen molar-refractivity contribution < 1.29 is 0 Å². The van der Waals surface area contributed by atoms with Crippen LogP contribution in [-0.4, -0.2) is 28.1 Å². The third kappa shape index (κ3) is 3.19. The van der Waals surface area contributed by atoms with Crippen LogP contribution >= 0.6 is 23.2 Å². The molecule has 0 fully saturated rings. The van der Waals surface area contributed by atoms with Crippen molar-refractivity contribution in [2.75, 3.05) is 30.0 Å². The first-order valence-corrected chi connectivity index (χ1v) is 7.60. The molecule has 2 heterocycles. The first-order valence-electron chi connectivity index (χ1n) is 6.85. The Kier molecular flexibility index (Phi) is 4.24. The molecule has 0 spiro atoms. The highest BCUT2D eigenvalue weighted by atomic mass is 35.5. The number of anilines is 3. The van der Waals surface area contributed by atoms with E-state index in [2.05, 4.69) is 20.2 Å². The lowest BCUT2D eigenvalue weighted by atomic mass is 10.1. The molecule has 6 nitrogen and oxygen atoms in total. The molecule has 2 aromatic rings. The molecule has 0 aliphatic carbocycles. The Morgan fingerprint density at radius 2 is 2.05 bits per heavy atom. The second kappa shape index (κ2) is 6.16. The van der Waals surface area contributed by atoms with Gasteiger partial charge in [0.2, 0.25) is 5.95 Å². The molecule has 116 valence electrons. The number of fused-ring (bicyclic) bond motifs is 1. The Bertz CT molecular complexity index is 706. The Morgan fingerprint density at radius 3 is 2.82 bits per heavy atom. The molecular formula is C14H16Cl2N6. The van der Waals surface area contributed by atoms with Crippen LogP contribution in [0.25, 0.3) is 0 Å². The molecule has 0 bridgehead atoms. The zero-order valence-electron chi connectivity index (χ0n) is 11.8. The maximum absolute atomic E-state index is 6.20. The molecule has 22 heavy (non-hydrogen) atoms. The van der Waals surface area contributed by atoms with Crippen molar-refractivity contribution in [2.45, 2.75) is 13.0 Å². The fourth-order valence-electron chi connectivity index (χ4n) is 2.45. The highest BCUT2D eigenvalue weighted by molar-refractivity contribution is 6.35. The molecule has 0 radical (unpaired) electrons. The number of nitrogens with one attached hydrogen (secondary N) is 1. The summed E-state index contributed by atoms with van der Waals surface area (Å²) in [6, 6.07) is 5.56. The minimum atomic E-state index is 0.185. The van der Waals surface area contributed by atoms with E-state index in [9.17, 15) is 0 Å². The van der Waals surface area contributed by atoms with Crippen LogP contribution in [0.2, 0.25) is 10.0 Å². The molecule has 1 aromatic heterocycles. The first kappa shape index (κ1) is 15.1. The molecule has 1 aromatic carbocycles. The molecule has 0 saturated heterocycles. The van der Waals surface area contributed by atoms with Crippen molar-refractivity contribution in [3.05, 3.63) is 39.4 Å². The molecule has 0 amide bonds. The summed E-state index contributed by atoms with van der Waals surface area (Å²) in [6.07, 6.45) is 0.822. The van der Waals surface area contributed by atoms with Crippen LogP contribution in [0, 0.1) is 0 Å². The quantitative estimate of drug-likeness (QED) is 0.795. The van der Waals surface area contributed by atoms with Crippen molar-refractivity contribution in [1.82, 2.24) is 14.9 Å². The topological polar surface area (TPSA) is 93.1 Å². The van der Waals surface area contributed by atoms with Crippen molar-refractivity contribution >= 4 is 40.8 Å². The number of nitrogen functional groups attached to an aromatic ring is 2. The van der Waals surface area contributed by atoms with E-state index in [1.807, 2.05) is 12.1 Å². The largest absolute Gasteiger partial charge is 0.383 e. The Morgan fingerprint density at radius 1 is 1.23 bits per heavy atom. The Balaban J connectivity index is 1.68. The van der Waals surface area contributed by atoms with Gasteiger partial charge in [-0.05, 0) is 24.1 Å². The van der Waals surface area contributed by atoms with E-state index in [1.54, 1.807) is 6.07 Å². The monoisotopic (exact) mass is 338 g/mol. The SMILES string of the molecule is Nc1nc(N)c2c(n1)NCN(CCc1ccc(Cl)cc1Cl)C2. The number of hydrogen-bond acceptors (Lipinski definition) is 6. The van der Waals surface area contributed by atoms with Crippen molar-refractivity contribution in [1.29, 1.82) is 0 Å². The summed E-state index contributed by atoms with van der Waals surface area (Å²) in [5.41, 5.74) is 13.5. The highest BCUT2D eigenvalue weighted by Gasteiger charge is 2.20. The normalized spacial score (nSPS) is 14.5. The summed E-state index contributed by atoms with van der Waals surface area (Å²) in [6.45, 7) is 2.19. The zero-order valence-corrected chi connectivity index (χ0v) is 13.3. The third-order valence-electron chi connectivity index (χ3n) is 3.62. The van der Waals surface area contributed by atoms with E-state index < -0.39 is 0 Å². The van der Waals surface area contributed by atoms with Gasteiger partial charge in [-0.1, -0.05) is 29.3 Å². The smallest absolute Gasteiger partial charge is 0.223 e. The van der Waals surface area contributed by atoms with E-state index in [1.165, 1.54) is 0 Å². The van der Waals surface area contributed by atoms with Crippen LogP contribution < -0.4 is 16.8 Å². The molecule has 1 aliphatic rings. The predicted molar refractivity (Wildman–Crippen MR) is 89.9 cm³/mol. The van der Waals surface area contributed by atoms with Crippen molar-refractivity contribution in [3.8, 4) is 0 Å². The average Bonchev–Trinajstić information content (AvgIpc) is 2.46. The summed E-state index contributed by atoms with van der Waals surface area (Å²) in [5.74, 6) is 1.32. The maximum atomic E-state index is 6.20. The van der Waals surface area contributed by atoms with E-state index >= 15 is 0 Å². The van der Waals surface area contributed by atoms with Gasteiger partial charge in [0.05, 0.1) is 12.2 Å². The Labute approximate surface area is 138 Å². The molecule has 3 rings (SSSR count). The van der Waals surface area contributed by atoms with Gasteiger partial charge in [-0.15, -0.1) is 0 Å².